The molecular weight excluding hydrogens is 216 g/mol. The zero-order valence-electron chi connectivity index (χ0n) is 11.1. The lowest BCUT2D eigenvalue weighted by Gasteiger charge is -2.23. The Balaban J connectivity index is 2.59. The topological polar surface area (TPSA) is 72.9 Å². The van der Waals surface area contributed by atoms with Crippen LogP contribution in [-0.2, 0) is 7.05 Å². The Morgan fingerprint density at radius 1 is 1.59 bits per heavy atom. The van der Waals surface area contributed by atoms with Crippen molar-refractivity contribution in [2.24, 2.45) is 18.2 Å². The minimum Gasteiger partial charge on any atom is -0.351 e. The summed E-state index contributed by atoms with van der Waals surface area (Å²) in [6.07, 6.45) is 2.62. The summed E-state index contributed by atoms with van der Waals surface area (Å²) in [7, 11) is 1.81. The molecule has 1 heterocycles. The van der Waals surface area contributed by atoms with E-state index in [1.165, 1.54) is 0 Å². The van der Waals surface area contributed by atoms with Gasteiger partial charge in [-0.3, -0.25) is 9.48 Å². The average molecular weight is 238 g/mol. The van der Waals surface area contributed by atoms with Crippen molar-refractivity contribution in [1.82, 2.24) is 15.1 Å². The number of aryl methyl sites for hydroxylation is 2. The van der Waals surface area contributed by atoms with Gasteiger partial charge in [-0.25, -0.2) is 0 Å². The van der Waals surface area contributed by atoms with Crippen LogP contribution in [0.3, 0.4) is 0 Å². The van der Waals surface area contributed by atoms with Gasteiger partial charge in [0.25, 0.3) is 5.91 Å². The molecule has 0 fully saturated rings. The summed E-state index contributed by atoms with van der Waals surface area (Å²) in [5.41, 5.74) is 6.95. The van der Waals surface area contributed by atoms with E-state index in [4.69, 9.17) is 5.73 Å². The van der Waals surface area contributed by atoms with E-state index in [1.54, 1.807) is 10.9 Å². The van der Waals surface area contributed by atoms with Gasteiger partial charge in [0.2, 0.25) is 0 Å². The van der Waals surface area contributed by atoms with Gasteiger partial charge < -0.3 is 11.1 Å². The van der Waals surface area contributed by atoms with Crippen LogP contribution in [0.2, 0.25) is 0 Å². The summed E-state index contributed by atoms with van der Waals surface area (Å²) in [6, 6.07) is 0. The summed E-state index contributed by atoms with van der Waals surface area (Å²) in [6.45, 7) is 7.28. The zero-order chi connectivity index (χ0) is 13.1. The summed E-state index contributed by atoms with van der Waals surface area (Å²) >= 11 is 0. The molecule has 0 aliphatic rings. The Labute approximate surface area is 102 Å². The van der Waals surface area contributed by atoms with E-state index in [0.29, 0.717) is 18.7 Å². The van der Waals surface area contributed by atoms with Crippen LogP contribution in [-0.4, -0.2) is 28.8 Å². The van der Waals surface area contributed by atoms with E-state index >= 15 is 0 Å². The summed E-state index contributed by atoms with van der Waals surface area (Å²) in [4.78, 5) is 11.9. The Bertz CT molecular complexity index is 395. The van der Waals surface area contributed by atoms with E-state index in [1.807, 2.05) is 14.0 Å². The molecule has 0 radical (unpaired) electrons. The van der Waals surface area contributed by atoms with Gasteiger partial charge in [0.15, 0.2) is 0 Å². The summed E-state index contributed by atoms with van der Waals surface area (Å²) in [5, 5.41) is 7.08. The lowest BCUT2D eigenvalue weighted by molar-refractivity contribution is 0.0934. The monoisotopic (exact) mass is 238 g/mol. The fraction of sp³-hybridized carbons (Fsp3) is 0.667. The molecule has 0 spiro atoms. The molecule has 5 nitrogen and oxygen atoms in total. The number of rotatable bonds is 5. The van der Waals surface area contributed by atoms with Crippen molar-refractivity contribution in [2.45, 2.75) is 27.2 Å². The molecule has 1 rings (SSSR count). The maximum atomic E-state index is 11.9. The van der Waals surface area contributed by atoms with Crippen molar-refractivity contribution in [3.05, 3.63) is 17.5 Å². The maximum absolute atomic E-state index is 11.9. The standard InChI is InChI=1S/C12H22N4O/c1-9-10(7-16(4)15-9)11(17)14-8-12(2,3)5-6-13/h7H,5-6,8,13H2,1-4H3,(H,14,17). The Morgan fingerprint density at radius 3 is 2.71 bits per heavy atom. The third-order valence-electron chi connectivity index (χ3n) is 2.81. The number of carbonyl (C=O) groups excluding carboxylic acids is 1. The van der Waals surface area contributed by atoms with Crippen LogP contribution in [0.4, 0.5) is 0 Å². The van der Waals surface area contributed by atoms with E-state index in [-0.39, 0.29) is 11.3 Å². The molecule has 17 heavy (non-hydrogen) atoms. The molecule has 1 amide bonds. The highest BCUT2D eigenvalue weighted by Gasteiger charge is 2.19. The summed E-state index contributed by atoms with van der Waals surface area (Å²) in [5.74, 6) is -0.0688. The quantitative estimate of drug-likeness (QED) is 0.798. The fourth-order valence-electron chi connectivity index (χ4n) is 1.72. The number of nitrogens with two attached hydrogens (primary N) is 1. The van der Waals surface area contributed by atoms with Crippen LogP contribution in [0, 0.1) is 12.3 Å². The van der Waals surface area contributed by atoms with E-state index in [9.17, 15) is 4.79 Å². The molecule has 5 heteroatoms. The number of nitrogens with zero attached hydrogens (tertiary/aromatic N) is 2. The minimum atomic E-state index is -0.0688. The second kappa shape index (κ2) is 5.31. The average Bonchev–Trinajstić information content (AvgIpc) is 2.54. The molecule has 1 aromatic rings. The number of amides is 1. The molecule has 0 aliphatic carbocycles. The molecule has 0 unspecified atom stereocenters. The normalized spacial score (nSPS) is 11.6. The first kappa shape index (κ1) is 13.7. The Morgan fingerprint density at radius 2 is 2.24 bits per heavy atom. The van der Waals surface area contributed by atoms with Gasteiger partial charge in [0.05, 0.1) is 11.3 Å². The first-order valence-electron chi connectivity index (χ1n) is 5.84. The van der Waals surface area contributed by atoms with Crippen molar-refractivity contribution in [3.8, 4) is 0 Å². The number of carbonyl (C=O) groups is 1. The highest BCUT2D eigenvalue weighted by molar-refractivity contribution is 5.95. The van der Waals surface area contributed by atoms with Gasteiger partial charge in [-0.15, -0.1) is 0 Å². The van der Waals surface area contributed by atoms with Crippen LogP contribution in [0.15, 0.2) is 6.20 Å². The second-order valence-corrected chi connectivity index (χ2v) is 5.19. The van der Waals surface area contributed by atoms with E-state index < -0.39 is 0 Å². The van der Waals surface area contributed by atoms with E-state index in [2.05, 4.69) is 24.3 Å². The molecule has 0 aliphatic heterocycles. The predicted octanol–water partition coefficient (Wildman–Crippen LogP) is 0.833. The molecule has 3 N–H and O–H groups in total. The first-order valence-corrected chi connectivity index (χ1v) is 5.84. The zero-order valence-corrected chi connectivity index (χ0v) is 11.1. The van der Waals surface area contributed by atoms with Crippen molar-refractivity contribution in [1.29, 1.82) is 0 Å². The fourth-order valence-corrected chi connectivity index (χ4v) is 1.72. The number of hydrogen-bond donors (Lipinski definition) is 2. The molecule has 0 saturated heterocycles. The molecule has 96 valence electrons. The molecular formula is C12H22N4O. The third kappa shape index (κ3) is 3.85. The molecule has 0 atom stereocenters. The second-order valence-electron chi connectivity index (χ2n) is 5.19. The van der Waals surface area contributed by atoms with Gasteiger partial charge in [-0.2, -0.15) is 5.10 Å². The van der Waals surface area contributed by atoms with Crippen molar-refractivity contribution < 1.29 is 4.79 Å². The summed E-state index contributed by atoms with van der Waals surface area (Å²) < 4.78 is 1.65. The largest absolute Gasteiger partial charge is 0.351 e. The minimum absolute atomic E-state index is 0.0283. The Hall–Kier alpha value is -1.36. The first-order chi connectivity index (χ1) is 7.85. The molecule has 0 bridgehead atoms. The smallest absolute Gasteiger partial charge is 0.254 e. The highest BCUT2D eigenvalue weighted by atomic mass is 16.1. The maximum Gasteiger partial charge on any atom is 0.254 e. The lowest BCUT2D eigenvalue weighted by Crippen LogP contribution is -2.35. The number of hydrogen-bond acceptors (Lipinski definition) is 3. The van der Waals surface area contributed by atoms with E-state index in [0.717, 1.165) is 12.1 Å². The van der Waals surface area contributed by atoms with Gasteiger partial charge in [-0.05, 0) is 25.3 Å². The van der Waals surface area contributed by atoms with Gasteiger partial charge in [-0.1, -0.05) is 13.8 Å². The van der Waals surface area contributed by atoms with Gasteiger partial charge in [0, 0.05) is 19.8 Å². The van der Waals surface area contributed by atoms with Gasteiger partial charge >= 0.3 is 0 Å². The third-order valence-corrected chi connectivity index (χ3v) is 2.81. The van der Waals surface area contributed by atoms with Crippen LogP contribution in [0.25, 0.3) is 0 Å². The highest BCUT2D eigenvalue weighted by Crippen LogP contribution is 2.18. The number of nitrogens with one attached hydrogen (secondary N) is 1. The predicted molar refractivity (Wildman–Crippen MR) is 67.7 cm³/mol. The lowest BCUT2D eigenvalue weighted by atomic mass is 9.89. The molecule has 0 aromatic carbocycles. The van der Waals surface area contributed by atoms with Crippen LogP contribution >= 0.6 is 0 Å². The Kier molecular flexibility index (Phi) is 4.28. The molecule has 0 saturated carbocycles. The molecule has 1 aromatic heterocycles. The van der Waals surface area contributed by atoms with Gasteiger partial charge in [0.1, 0.15) is 0 Å². The van der Waals surface area contributed by atoms with Crippen molar-refractivity contribution in [3.63, 3.8) is 0 Å². The van der Waals surface area contributed by atoms with Crippen molar-refractivity contribution >= 4 is 5.91 Å². The van der Waals surface area contributed by atoms with Crippen molar-refractivity contribution in [2.75, 3.05) is 13.1 Å². The number of aromatic nitrogens is 2. The van der Waals surface area contributed by atoms with Crippen LogP contribution in [0.5, 0.6) is 0 Å². The van der Waals surface area contributed by atoms with Crippen LogP contribution in [0.1, 0.15) is 36.3 Å². The van der Waals surface area contributed by atoms with Crippen LogP contribution < -0.4 is 11.1 Å². The SMILES string of the molecule is Cc1nn(C)cc1C(=O)NCC(C)(C)CCN.